The van der Waals surface area contributed by atoms with Crippen molar-refractivity contribution in [2.45, 2.75) is 57.0 Å². The number of phenols is 1. The lowest BCUT2D eigenvalue weighted by atomic mass is 9.61. The molecule has 4 nitrogen and oxygen atoms in total. The van der Waals surface area contributed by atoms with E-state index in [0.29, 0.717) is 23.1 Å². The molecule has 4 aliphatic rings. The first-order valence-corrected chi connectivity index (χ1v) is 11.4. The average molecular weight is 393 g/mol. The zero-order valence-corrected chi connectivity index (χ0v) is 17.4. The third kappa shape index (κ3) is 2.72. The number of nitrogens with zero attached hydrogens (tertiary/aromatic N) is 1. The lowest BCUT2D eigenvalue weighted by molar-refractivity contribution is -0.0692. The molecule has 1 aromatic carbocycles. The third-order valence-electron chi connectivity index (χ3n) is 8.54. The predicted octanol–water partition coefficient (Wildman–Crippen LogP) is 4.08. The lowest BCUT2D eigenvalue weighted by Crippen LogP contribution is -2.64. The smallest absolute Gasteiger partial charge is 0.117 e. The van der Waals surface area contributed by atoms with Crippen molar-refractivity contribution >= 4 is 0 Å². The summed E-state index contributed by atoms with van der Waals surface area (Å²) in [6, 6.07) is 10.9. The van der Waals surface area contributed by atoms with Gasteiger partial charge in [0, 0.05) is 30.0 Å². The Morgan fingerprint density at radius 1 is 1.28 bits per heavy atom. The fourth-order valence-electron chi connectivity index (χ4n) is 7.29. The van der Waals surface area contributed by atoms with E-state index in [9.17, 15) is 5.11 Å². The fraction of sp³-hybridized carbons (Fsp3) is 0.600. The van der Waals surface area contributed by atoms with Gasteiger partial charge in [-0.3, -0.25) is 4.90 Å². The van der Waals surface area contributed by atoms with E-state index in [-0.39, 0.29) is 5.41 Å². The van der Waals surface area contributed by atoms with Gasteiger partial charge >= 0.3 is 0 Å². The highest BCUT2D eigenvalue weighted by Crippen LogP contribution is 2.67. The molecule has 2 heterocycles. The fourth-order valence-corrected chi connectivity index (χ4v) is 7.29. The minimum atomic E-state index is 0.172. The van der Waals surface area contributed by atoms with E-state index in [1.54, 1.807) is 6.26 Å². The number of aromatic hydroxyl groups is 1. The highest BCUT2D eigenvalue weighted by Gasteiger charge is 2.69. The number of benzene rings is 1. The number of furan rings is 1. The van der Waals surface area contributed by atoms with Crippen LogP contribution in [0.5, 0.6) is 5.75 Å². The van der Waals surface area contributed by atoms with E-state index < -0.39 is 0 Å². The molecule has 154 valence electrons. The molecule has 29 heavy (non-hydrogen) atoms. The summed E-state index contributed by atoms with van der Waals surface area (Å²) in [4.78, 5) is 2.81. The van der Waals surface area contributed by atoms with Gasteiger partial charge in [0.2, 0.25) is 0 Å². The molecule has 0 radical (unpaired) electrons. The summed E-state index contributed by atoms with van der Waals surface area (Å²) in [5.41, 5.74) is 3.54. The Labute approximate surface area is 173 Å². The quantitative estimate of drug-likeness (QED) is 0.697. The van der Waals surface area contributed by atoms with Crippen LogP contribution in [0.25, 0.3) is 0 Å². The van der Waals surface area contributed by atoms with Gasteiger partial charge in [-0.15, -0.1) is 0 Å². The second kappa shape index (κ2) is 6.36. The predicted molar refractivity (Wildman–Crippen MR) is 113 cm³/mol. The second-order valence-corrected chi connectivity index (χ2v) is 10.3. The molecule has 6 rings (SSSR count). The average Bonchev–Trinajstić information content (AvgIpc) is 3.32. The summed E-state index contributed by atoms with van der Waals surface area (Å²) < 4.78 is 5.48. The van der Waals surface area contributed by atoms with Crippen LogP contribution in [0.1, 0.15) is 49.5 Å². The molecule has 2 bridgehead atoms. The molecule has 2 unspecified atom stereocenters. The van der Waals surface area contributed by atoms with Crippen molar-refractivity contribution in [2.75, 3.05) is 19.6 Å². The van der Waals surface area contributed by atoms with Gasteiger partial charge < -0.3 is 14.8 Å². The van der Waals surface area contributed by atoms with E-state index in [2.05, 4.69) is 29.3 Å². The number of fused-ring (bicyclic) bond motifs is 3. The SMILES string of the molecule is C[C@H]1C2N(CC3CC3)CC23Cc2ccc(O)cc2[C@@]1(CCNCc1ccco1)C3. The lowest BCUT2D eigenvalue weighted by Gasteiger charge is -2.56. The molecule has 3 aliphatic carbocycles. The van der Waals surface area contributed by atoms with Gasteiger partial charge in [-0.2, -0.15) is 0 Å². The summed E-state index contributed by atoms with van der Waals surface area (Å²) in [6.45, 7) is 6.85. The van der Waals surface area contributed by atoms with E-state index >= 15 is 0 Å². The van der Waals surface area contributed by atoms with Crippen molar-refractivity contribution in [3.63, 3.8) is 0 Å². The van der Waals surface area contributed by atoms with Crippen molar-refractivity contribution in [3.05, 3.63) is 53.5 Å². The molecule has 1 aliphatic heterocycles. The van der Waals surface area contributed by atoms with Crippen molar-refractivity contribution in [1.29, 1.82) is 0 Å². The maximum absolute atomic E-state index is 10.3. The number of likely N-dealkylation sites (tertiary alicyclic amines) is 1. The molecule has 3 fully saturated rings. The number of nitrogens with one attached hydrogen (secondary N) is 1. The van der Waals surface area contributed by atoms with Crippen LogP contribution in [0.2, 0.25) is 0 Å². The zero-order valence-electron chi connectivity index (χ0n) is 17.4. The largest absolute Gasteiger partial charge is 0.508 e. The Morgan fingerprint density at radius 3 is 2.97 bits per heavy atom. The standard InChI is InChI=1S/C25H32N2O2/c1-17-23-24(16-27(23)14-18-4-5-18)12-19-6-7-20(28)11-22(19)25(17,15-24)8-9-26-13-21-3-2-10-29-21/h2-3,6-7,10-11,17-18,23,26,28H,4-5,8-9,12-16H2,1H3/t17-,23?,24?,25-/m0/s1. The van der Waals surface area contributed by atoms with E-state index in [4.69, 9.17) is 4.42 Å². The highest BCUT2D eigenvalue weighted by molar-refractivity contribution is 5.48. The van der Waals surface area contributed by atoms with Crippen LogP contribution >= 0.6 is 0 Å². The van der Waals surface area contributed by atoms with Crippen LogP contribution in [0, 0.1) is 17.3 Å². The van der Waals surface area contributed by atoms with Crippen LogP contribution in [0.15, 0.2) is 41.0 Å². The summed E-state index contributed by atoms with van der Waals surface area (Å²) in [5.74, 6) is 3.00. The Bertz CT molecular complexity index is 906. The van der Waals surface area contributed by atoms with Crippen molar-refractivity contribution in [1.82, 2.24) is 10.2 Å². The van der Waals surface area contributed by atoms with E-state index in [0.717, 1.165) is 31.2 Å². The van der Waals surface area contributed by atoms with Gasteiger partial charge in [-0.25, -0.2) is 0 Å². The monoisotopic (exact) mass is 392 g/mol. The van der Waals surface area contributed by atoms with Gasteiger partial charge in [-0.05, 0) is 85.9 Å². The molecule has 2 aromatic rings. The zero-order chi connectivity index (χ0) is 19.6. The van der Waals surface area contributed by atoms with Crippen LogP contribution in [0.3, 0.4) is 0 Å². The molecular weight excluding hydrogens is 360 g/mol. The maximum Gasteiger partial charge on any atom is 0.117 e. The van der Waals surface area contributed by atoms with Gasteiger partial charge in [0.15, 0.2) is 0 Å². The van der Waals surface area contributed by atoms with Gasteiger partial charge in [-0.1, -0.05) is 13.0 Å². The Kier molecular flexibility index (Phi) is 3.95. The molecule has 1 saturated heterocycles. The van der Waals surface area contributed by atoms with E-state index in [1.165, 1.54) is 49.9 Å². The summed E-state index contributed by atoms with van der Waals surface area (Å²) in [5, 5.41) is 13.9. The molecule has 0 amide bonds. The molecular formula is C25H32N2O2. The Balaban J connectivity index is 1.28. The van der Waals surface area contributed by atoms with Crippen LogP contribution < -0.4 is 5.32 Å². The summed E-state index contributed by atoms with van der Waals surface area (Å²) >= 11 is 0. The minimum Gasteiger partial charge on any atom is -0.508 e. The van der Waals surface area contributed by atoms with Gasteiger partial charge in [0.05, 0.1) is 12.8 Å². The molecule has 4 heteroatoms. The van der Waals surface area contributed by atoms with Gasteiger partial charge in [0.25, 0.3) is 0 Å². The Morgan fingerprint density at radius 2 is 2.17 bits per heavy atom. The number of hydrogen-bond donors (Lipinski definition) is 2. The number of hydrogen-bond acceptors (Lipinski definition) is 4. The molecule has 2 saturated carbocycles. The van der Waals surface area contributed by atoms with Crippen LogP contribution in [-0.2, 0) is 18.4 Å². The Hall–Kier alpha value is -1.78. The number of rotatable bonds is 7. The third-order valence-corrected chi connectivity index (χ3v) is 8.54. The number of phenolic OH excluding ortho intramolecular Hbond substituents is 1. The van der Waals surface area contributed by atoms with Crippen LogP contribution in [-0.4, -0.2) is 35.7 Å². The van der Waals surface area contributed by atoms with Crippen molar-refractivity contribution in [2.24, 2.45) is 17.3 Å². The summed E-state index contributed by atoms with van der Waals surface area (Å²) in [6.07, 6.45) is 8.21. The highest BCUT2D eigenvalue weighted by atomic mass is 16.3. The molecule has 1 spiro atoms. The molecule has 4 atom stereocenters. The van der Waals surface area contributed by atoms with Gasteiger partial charge in [0.1, 0.15) is 11.5 Å². The molecule has 1 aromatic heterocycles. The molecule has 2 N–H and O–H groups in total. The van der Waals surface area contributed by atoms with Crippen molar-refractivity contribution < 1.29 is 9.52 Å². The van der Waals surface area contributed by atoms with E-state index in [1.807, 2.05) is 18.2 Å². The summed E-state index contributed by atoms with van der Waals surface area (Å²) in [7, 11) is 0. The normalized spacial score (nSPS) is 35.2. The minimum absolute atomic E-state index is 0.172. The first-order valence-electron chi connectivity index (χ1n) is 11.4. The maximum atomic E-state index is 10.3. The first-order chi connectivity index (χ1) is 14.1. The first kappa shape index (κ1) is 18.0. The van der Waals surface area contributed by atoms with Crippen molar-refractivity contribution in [3.8, 4) is 5.75 Å². The topological polar surface area (TPSA) is 48.6 Å². The second-order valence-electron chi connectivity index (χ2n) is 10.3. The van der Waals surface area contributed by atoms with Crippen LogP contribution in [0.4, 0.5) is 0 Å².